The van der Waals surface area contributed by atoms with E-state index in [-0.39, 0.29) is 0 Å². The van der Waals surface area contributed by atoms with Crippen molar-refractivity contribution >= 4 is 0 Å². The third kappa shape index (κ3) is 2.20. The third-order valence-corrected chi connectivity index (χ3v) is 6.07. The van der Waals surface area contributed by atoms with Crippen molar-refractivity contribution in [2.45, 2.75) is 51.5 Å². The van der Waals surface area contributed by atoms with E-state index in [0.29, 0.717) is 11.5 Å². The van der Waals surface area contributed by atoms with E-state index >= 15 is 0 Å². The molecule has 0 amide bonds. The molecule has 1 aromatic rings. The topological polar surface area (TPSA) is 12.0 Å². The number of fused-ring (bicyclic) bond motifs is 1. The molecule has 0 heterocycles. The van der Waals surface area contributed by atoms with Gasteiger partial charge in [0.05, 0.1) is 0 Å². The first-order valence-corrected chi connectivity index (χ1v) is 8.46. The lowest BCUT2D eigenvalue weighted by Crippen LogP contribution is -2.38. The molecule has 3 fully saturated rings. The van der Waals surface area contributed by atoms with Crippen molar-refractivity contribution in [2.24, 2.45) is 23.2 Å². The first-order chi connectivity index (χ1) is 9.68. The first-order valence-electron chi connectivity index (χ1n) is 8.46. The summed E-state index contributed by atoms with van der Waals surface area (Å²) in [5.74, 6) is 3.97. The maximum absolute atomic E-state index is 3.76. The Morgan fingerprint density at radius 3 is 2.45 bits per heavy atom. The third-order valence-electron chi connectivity index (χ3n) is 6.07. The number of hydrogen-bond acceptors (Lipinski definition) is 1. The van der Waals surface area contributed by atoms with Crippen molar-refractivity contribution in [3.63, 3.8) is 0 Å². The van der Waals surface area contributed by atoms with Gasteiger partial charge in [-0.15, -0.1) is 0 Å². The van der Waals surface area contributed by atoms with Crippen LogP contribution in [0.1, 0.15) is 51.0 Å². The number of hydrogen-bond donors (Lipinski definition) is 1. The smallest absolute Gasteiger partial charge is 0.00133 e. The molecule has 0 saturated heterocycles. The van der Waals surface area contributed by atoms with Gasteiger partial charge in [-0.05, 0) is 60.3 Å². The van der Waals surface area contributed by atoms with Crippen LogP contribution in [0.4, 0.5) is 0 Å². The Bertz CT molecular complexity index is 468. The van der Waals surface area contributed by atoms with Gasteiger partial charge < -0.3 is 5.32 Å². The number of rotatable bonds is 5. The summed E-state index contributed by atoms with van der Waals surface area (Å²) in [5, 5.41) is 3.76. The molecule has 0 aliphatic heterocycles. The SMILES string of the molecule is CC(C)NCC1(C2CC2c2ccccc2)CC2CC2C1. The van der Waals surface area contributed by atoms with Gasteiger partial charge in [-0.25, -0.2) is 0 Å². The van der Waals surface area contributed by atoms with Crippen molar-refractivity contribution in [2.75, 3.05) is 6.54 Å². The van der Waals surface area contributed by atoms with Crippen molar-refractivity contribution < 1.29 is 0 Å². The van der Waals surface area contributed by atoms with Gasteiger partial charge in [0.1, 0.15) is 0 Å². The van der Waals surface area contributed by atoms with Crippen LogP contribution in [-0.4, -0.2) is 12.6 Å². The zero-order valence-corrected chi connectivity index (χ0v) is 12.8. The number of nitrogens with one attached hydrogen (secondary N) is 1. The second-order valence-corrected chi connectivity index (χ2v) is 7.92. The Balaban J connectivity index is 1.49. The maximum Gasteiger partial charge on any atom is 0.00133 e. The highest BCUT2D eigenvalue weighted by molar-refractivity contribution is 5.28. The van der Waals surface area contributed by atoms with E-state index in [4.69, 9.17) is 0 Å². The van der Waals surface area contributed by atoms with Crippen LogP contribution in [0.15, 0.2) is 30.3 Å². The Morgan fingerprint density at radius 1 is 1.10 bits per heavy atom. The van der Waals surface area contributed by atoms with Gasteiger partial charge in [0.2, 0.25) is 0 Å². The van der Waals surface area contributed by atoms with Gasteiger partial charge in [0, 0.05) is 12.6 Å². The molecule has 0 spiro atoms. The minimum atomic E-state index is 0.623. The summed E-state index contributed by atoms with van der Waals surface area (Å²) in [6.45, 7) is 5.82. The standard InChI is InChI=1S/C19H27N/c1-13(2)20-12-19(10-15-8-16(15)11-19)18-9-17(18)14-6-4-3-5-7-14/h3-7,13,15-18,20H,8-12H2,1-2H3. The van der Waals surface area contributed by atoms with E-state index in [9.17, 15) is 0 Å². The van der Waals surface area contributed by atoms with Crippen LogP contribution < -0.4 is 5.32 Å². The van der Waals surface area contributed by atoms with Crippen LogP contribution in [0.5, 0.6) is 0 Å². The van der Waals surface area contributed by atoms with E-state index in [0.717, 1.165) is 23.7 Å². The summed E-state index contributed by atoms with van der Waals surface area (Å²) in [5.41, 5.74) is 2.21. The average molecular weight is 269 g/mol. The molecule has 1 nitrogen and oxygen atoms in total. The largest absolute Gasteiger partial charge is 0.314 e. The quantitative estimate of drug-likeness (QED) is 0.844. The monoisotopic (exact) mass is 269 g/mol. The molecular formula is C19H27N. The lowest BCUT2D eigenvalue weighted by atomic mass is 9.76. The van der Waals surface area contributed by atoms with Crippen LogP contribution in [0.25, 0.3) is 0 Å². The van der Waals surface area contributed by atoms with Gasteiger partial charge in [-0.3, -0.25) is 0 Å². The van der Waals surface area contributed by atoms with E-state index in [1.807, 2.05) is 0 Å². The summed E-state index contributed by atoms with van der Waals surface area (Å²) in [6, 6.07) is 11.8. The van der Waals surface area contributed by atoms with Crippen molar-refractivity contribution in [3.05, 3.63) is 35.9 Å². The fraction of sp³-hybridized carbons (Fsp3) is 0.684. The second-order valence-electron chi connectivity index (χ2n) is 7.92. The second kappa shape index (κ2) is 4.59. The predicted octanol–water partition coefficient (Wildman–Crippen LogP) is 4.20. The van der Waals surface area contributed by atoms with Gasteiger partial charge in [0.15, 0.2) is 0 Å². The zero-order valence-electron chi connectivity index (χ0n) is 12.8. The van der Waals surface area contributed by atoms with Crippen LogP contribution in [0.3, 0.4) is 0 Å². The van der Waals surface area contributed by atoms with Crippen molar-refractivity contribution in [1.82, 2.24) is 5.32 Å². The van der Waals surface area contributed by atoms with Crippen molar-refractivity contribution in [3.8, 4) is 0 Å². The minimum Gasteiger partial charge on any atom is -0.314 e. The van der Waals surface area contributed by atoms with Crippen LogP contribution >= 0.6 is 0 Å². The van der Waals surface area contributed by atoms with E-state index in [1.165, 1.54) is 32.2 Å². The lowest BCUT2D eigenvalue weighted by Gasteiger charge is -2.33. The molecule has 0 bridgehead atoms. The molecule has 1 aromatic carbocycles. The molecule has 0 radical (unpaired) electrons. The van der Waals surface area contributed by atoms with E-state index < -0.39 is 0 Å². The summed E-state index contributed by atoms with van der Waals surface area (Å²) >= 11 is 0. The maximum atomic E-state index is 3.76. The molecule has 20 heavy (non-hydrogen) atoms. The van der Waals surface area contributed by atoms with Crippen LogP contribution in [0.2, 0.25) is 0 Å². The highest BCUT2D eigenvalue weighted by atomic mass is 14.9. The zero-order chi connectivity index (χ0) is 13.7. The van der Waals surface area contributed by atoms with Crippen LogP contribution in [0, 0.1) is 23.2 Å². The molecular weight excluding hydrogens is 242 g/mol. The summed E-state index contributed by atoms with van der Waals surface area (Å²) in [7, 11) is 0. The van der Waals surface area contributed by atoms with Gasteiger partial charge in [-0.2, -0.15) is 0 Å². The molecule has 3 aliphatic rings. The van der Waals surface area contributed by atoms with E-state index in [1.54, 1.807) is 5.56 Å². The fourth-order valence-corrected chi connectivity index (χ4v) is 4.86. The molecule has 1 N–H and O–H groups in total. The lowest BCUT2D eigenvalue weighted by molar-refractivity contribution is 0.200. The molecule has 108 valence electrons. The molecule has 4 unspecified atom stereocenters. The van der Waals surface area contributed by atoms with Crippen LogP contribution in [-0.2, 0) is 0 Å². The normalized spacial score (nSPS) is 41.8. The molecule has 3 aliphatic carbocycles. The van der Waals surface area contributed by atoms with Gasteiger partial charge in [0.25, 0.3) is 0 Å². The Kier molecular flexibility index (Phi) is 2.96. The molecule has 4 rings (SSSR count). The first kappa shape index (κ1) is 12.9. The highest BCUT2D eigenvalue weighted by Crippen LogP contribution is 2.69. The molecule has 0 aromatic heterocycles. The highest BCUT2D eigenvalue weighted by Gasteiger charge is 2.61. The minimum absolute atomic E-state index is 0.623. The molecule has 3 saturated carbocycles. The predicted molar refractivity (Wildman–Crippen MR) is 83.7 cm³/mol. The summed E-state index contributed by atoms with van der Waals surface area (Å²) in [4.78, 5) is 0. The Hall–Kier alpha value is -0.820. The Labute approximate surface area is 123 Å². The fourth-order valence-electron chi connectivity index (χ4n) is 4.86. The number of benzene rings is 1. The average Bonchev–Trinajstić information content (AvgIpc) is 3.36. The Morgan fingerprint density at radius 2 is 1.80 bits per heavy atom. The summed E-state index contributed by atoms with van der Waals surface area (Å²) < 4.78 is 0. The van der Waals surface area contributed by atoms with Gasteiger partial charge >= 0.3 is 0 Å². The molecule has 1 heteroatoms. The van der Waals surface area contributed by atoms with Gasteiger partial charge in [-0.1, -0.05) is 44.2 Å². The van der Waals surface area contributed by atoms with E-state index in [2.05, 4.69) is 49.5 Å². The van der Waals surface area contributed by atoms with Crippen molar-refractivity contribution in [1.29, 1.82) is 0 Å². The molecule has 4 atom stereocenters. The summed E-state index contributed by atoms with van der Waals surface area (Å²) in [6.07, 6.45) is 5.98.